The summed E-state index contributed by atoms with van der Waals surface area (Å²) in [6, 6.07) is 4.83. The van der Waals surface area contributed by atoms with E-state index >= 15 is 0 Å². The molecule has 0 aliphatic rings. The maximum atomic E-state index is 4.43. The lowest BCUT2D eigenvalue weighted by molar-refractivity contribution is 0.469. The topological polar surface area (TPSA) is 24.9 Å². The molecule has 1 rings (SSSR count). The molecule has 2 nitrogen and oxygen atoms in total. The Hall–Kier alpha value is -0.890. The Labute approximate surface area is 99.5 Å². The molecule has 16 heavy (non-hydrogen) atoms. The fourth-order valence-electron chi connectivity index (χ4n) is 1.94. The maximum Gasteiger partial charge on any atom is 0.0421 e. The van der Waals surface area contributed by atoms with Gasteiger partial charge in [0.25, 0.3) is 0 Å². The summed E-state index contributed by atoms with van der Waals surface area (Å²) in [6.07, 6.45) is 6.62. The van der Waals surface area contributed by atoms with Crippen LogP contribution >= 0.6 is 0 Å². The number of rotatable bonds is 7. The summed E-state index contributed by atoms with van der Waals surface area (Å²) in [5, 5.41) is 3.60. The third-order valence-corrected chi connectivity index (χ3v) is 2.75. The van der Waals surface area contributed by atoms with E-state index in [-0.39, 0.29) is 0 Å². The van der Waals surface area contributed by atoms with Crippen molar-refractivity contribution >= 4 is 0 Å². The van der Waals surface area contributed by atoms with Crippen LogP contribution in [0.25, 0.3) is 0 Å². The first-order chi connectivity index (χ1) is 7.76. The predicted octanol–water partition coefficient (Wildman–Crippen LogP) is 3.10. The van der Waals surface area contributed by atoms with Crippen molar-refractivity contribution in [1.29, 1.82) is 0 Å². The standard InChI is InChI=1S/C14H24N2/c1-4-6-13(15-8-5-2)11-14-10-12(3)7-9-16-14/h7,9-10,13,15H,4-6,8,11H2,1-3H3. The molecule has 0 aliphatic carbocycles. The Morgan fingerprint density at radius 3 is 2.75 bits per heavy atom. The second-order valence-corrected chi connectivity index (χ2v) is 4.47. The summed E-state index contributed by atoms with van der Waals surface area (Å²) in [7, 11) is 0. The van der Waals surface area contributed by atoms with Crippen LogP contribution in [-0.2, 0) is 6.42 Å². The van der Waals surface area contributed by atoms with Crippen molar-refractivity contribution in [3.63, 3.8) is 0 Å². The molecule has 1 aromatic rings. The third kappa shape index (κ3) is 4.75. The lowest BCUT2D eigenvalue weighted by Gasteiger charge is -2.17. The number of hydrogen-bond acceptors (Lipinski definition) is 2. The van der Waals surface area contributed by atoms with Gasteiger partial charge in [-0.3, -0.25) is 4.98 Å². The zero-order valence-electron chi connectivity index (χ0n) is 10.8. The zero-order valence-corrected chi connectivity index (χ0v) is 10.8. The van der Waals surface area contributed by atoms with Gasteiger partial charge in [0.05, 0.1) is 0 Å². The first kappa shape index (κ1) is 13.2. The number of hydrogen-bond donors (Lipinski definition) is 1. The molecule has 0 fully saturated rings. The molecule has 2 heteroatoms. The first-order valence-corrected chi connectivity index (χ1v) is 6.41. The van der Waals surface area contributed by atoms with E-state index in [1.807, 2.05) is 6.20 Å². The second kappa shape index (κ2) is 7.39. The summed E-state index contributed by atoms with van der Waals surface area (Å²) in [4.78, 5) is 4.43. The highest BCUT2D eigenvalue weighted by atomic mass is 14.9. The van der Waals surface area contributed by atoms with E-state index in [9.17, 15) is 0 Å². The number of aryl methyl sites for hydroxylation is 1. The van der Waals surface area contributed by atoms with Gasteiger partial charge in [0, 0.05) is 24.4 Å². The summed E-state index contributed by atoms with van der Waals surface area (Å²) in [5.74, 6) is 0. The highest BCUT2D eigenvalue weighted by molar-refractivity contribution is 5.15. The van der Waals surface area contributed by atoms with Crippen LogP contribution in [0.15, 0.2) is 18.3 Å². The van der Waals surface area contributed by atoms with Gasteiger partial charge in [-0.2, -0.15) is 0 Å². The fraction of sp³-hybridized carbons (Fsp3) is 0.643. The van der Waals surface area contributed by atoms with Crippen LogP contribution in [0.4, 0.5) is 0 Å². The normalized spacial score (nSPS) is 12.7. The van der Waals surface area contributed by atoms with Crippen molar-refractivity contribution < 1.29 is 0 Å². The van der Waals surface area contributed by atoms with Gasteiger partial charge in [-0.05, 0) is 44.0 Å². The molecule has 1 unspecified atom stereocenters. The van der Waals surface area contributed by atoms with Gasteiger partial charge in [0.15, 0.2) is 0 Å². The molecule has 0 aromatic carbocycles. The van der Waals surface area contributed by atoms with E-state index in [0.29, 0.717) is 6.04 Å². The predicted molar refractivity (Wildman–Crippen MR) is 69.7 cm³/mol. The minimum atomic E-state index is 0.583. The molecule has 90 valence electrons. The highest BCUT2D eigenvalue weighted by Gasteiger charge is 2.08. The van der Waals surface area contributed by atoms with Crippen molar-refractivity contribution in [3.05, 3.63) is 29.6 Å². The van der Waals surface area contributed by atoms with Gasteiger partial charge in [0.1, 0.15) is 0 Å². The van der Waals surface area contributed by atoms with Crippen LogP contribution in [0.3, 0.4) is 0 Å². The van der Waals surface area contributed by atoms with Crippen LogP contribution in [0, 0.1) is 6.92 Å². The van der Waals surface area contributed by atoms with Crippen molar-refractivity contribution in [2.24, 2.45) is 0 Å². The van der Waals surface area contributed by atoms with Crippen LogP contribution in [0.5, 0.6) is 0 Å². The monoisotopic (exact) mass is 220 g/mol. The molecule has 1 heterocycles. The number of aromatic nitrogens is 1. The second-order valence-electron chi connectivity index (χ2n) is 4.47. The van der Waals surface area contributed by atoms with E-state index in [0.717, 1.165) is 13.0 Å². The molecular formula is C14H24N2. The van der Waals surface area contributed by atoms with Crippen LogP contribution in [-0.4, -0.2) is 17.6 Å². The number of pyridine rings is 1. The molecule has 0 saturated carbocycles. The molecule has 0 saturated heterocycles. The minimum absolute atomic E-state index is 0.583. The highest BCUT2D eigenvalue weighted by Crippen LogP contribution is 2.07. The van der Waals surface area contributed by atoms with Crippen molar-refractivity contribution in [3.8, 4) is 0 Å². The van der Waals surface area contributed by atoms with Crippen molar-refractivity contribution in [2.45, 2.75) is 52.5 Å². The summed E-state index contributed by atoms with van der Waals surface area (Å²) in [6.45, 7) is 7.68. The SMILES string of the molecule is CCCNC(CCC)Cc1cc(C)ccn1. The largest absolute Gasteiger partial charge is 0.314 e. The molecule has 0 amide bonds. The van der Waals surface area contributed by atoms with E-state index in [1.165, 1.54) is 30.5 Å². The molecule has 1 atom stereocenters. The maximum absolute atomic E-state index is 4.43. The molecule has 0 bridgehead atoms. The lowest BCUT2D eigenvalue weighted by atomic mass is 10.0. The average Bonchev–Trinajstić information content (AvgIpc) is 2.26. The summed E-state index contributed by atoms with van der Waals surface area (Å²) in [5.41, 5.74) is 2.51. The third-order valence-electron chi connectivity index (χ3n) is 2.75. The molecule has 0 aliphatic heterocycles. The van der Waals surface area contributed by atoms with Gasteiger partial charge in [-0.15, -0.1) is 0 Å². The molecule has 1 aromatic heterocycles. The Morgan fingerprint density at radius 1 is 1.31 bits per heavy atom. The van der Waals surface area contributed by atoms with Gasteiger partial charge < -0.3 is 5.32 Å². The number of nitrogens with one attached hydrogen (secondary N) is 1. The van der Waals surface area contributed by atoms with E-state index in [1.54, 1.807) is 0 Å². The van der Waals surface area contributed by atoms with Crippen LogP contribution in [0.2, 0.25) is 0 Å². The lowest BCUT2D eigenvalue weighted by Crippen LogP contribution is -2.31. The molecule has 1 N–H and O–H groups in total. The van der Waals surface area contributed by atoms with Gasteiger partial charge in [0.2, 0.25) is 0 Å². The van der Waals surface area contributed by atoms with E-state index in [4.69, 9.17) is 0 Å². The van der Waals surface area contributed by atoms with E-state index < -0.39 is 0 Å². The van der Waals surface area contributed by atoms with Gasteiger partial charge in [-0.1, -0.05) is 20.3 Å². The minimum Gasteiger partial charge on any atom is -0.314 e. The molecular weight excluding hydrogens is 196 g/mol. The van der Waals surface area contributed by atoms with Crippen LogP contribution in [0.1, 0.15) is 44.4 Å². The van der Waals surface area contributed by atoms with Gasteiger partial charge in [-0.25, -0.2) is 0 Å². The Kier molecular flexibility index (Phi) is 6.09. The fourth-order valence-corrected chi connectivity index (χ4v) is 1.94. The van der Waals surface area contributed by atoms with Crippen molar-refractivity contribution in [1.82, 2.24) is 10.3 Å². The Balaban J connectivity index is 2.52. The average molecular weight is 220 g/mol. The summed E-state index contributed by atoms with van der Waals surface area (Å²) < 4.78 is 0. The van der Waals surface area contributed by atoms with Crippen LogP contribution < -0.4 is 5.32 Å². The van der Waals surface area contributed by atoms with Crippen molar-refractivity contribution in [2.75, 3.05) is 6.54 Å². The van der Waals surface area contributed by atoms with E-state index in [2.05, 4.69) is 43.2 Å². The molecule has 0 spiro atoms. The summed E-state index contributed by atoms with van der Waals surface area (Å²) >= 11 is 0. The Morgan fingerprint density at radius 2 is 2.12 bits per heavy atom. The number of nitrogens with zero attached hydrogens (tertiary/aromatic N) is 1. The zero-order chi connectivity index (χ0) is 11.8. The smallest absolute Gasteiger partial charge is 0.0421 e. The van der Waals surface area contributed by atoms with Gasteiger partial charge >= 0.3 is 0 Å². The quantitative estimate of drug-likeness (QED) is 0.763. The Bertz CT molecular complexity index is 297. The first-order valence-electron chi connectivity index (χ1n) is 6.41. The molecule has 0 radical (unpaired) electrons.